The average molecular weight is 473 g/mol. The molecule has 174 valence electrons. The molecule has 0 unspecified atom stereocenters. The largest absolute Gasteiger partial charge is 0.496 e. The second kappa shape index (κ2) is 11.0. The number of ether oxygens (including phenoxy) is 1. The van der Waals surface area contributed by atoms with Crippen molar-refractivity contribution in [2.45, 2.75) is 23.9 Å². The fourth-order valence-electron chi connectivity index (χ4n) is 3.66. The second-order valence-corrected chi connectivity index (χ2v) is 9.02. The van der Waals surface area contributed by atoms with Crippen molar-refractivity contribution in [3.63, 3.8) is 0 Å². The highest BCUT2D eigenvalue weighted by Crippen LogP contribution is 2.32. The Bertz CT molecular complexity index is 1240. The van der Waals surface area contributed by atoms with Crippen LogP contribution in [0.3, 0.4) is 0 Å². The van der Waals surface area contributed by atoms with E-state index < -0.39 is 0 Å². The molecule has 0 N–H and O–H groups in total. The maximum atomic E-state index is 12.1. The lowest BCUT2D eigenvalue weighted by Gasteiger charge is -2.13. The number of rotatable bonds is 9. The summed E-state index contributed by atoms with van der Waals surface area (Å²) in [6.45, 7) is 0.753. The summed E-state index contributed by atoms with van der Waals surface area (Å²) in [5.41, 5.74) is 3.99. The topological polar surface area (TPSA) is 60.3 Å². The highest BCUT2D eigenvalue weighted by molar-refractivity contribution is 7.98. The highest BCUT2D eigenvalue weighted by Gasteiger charge is 2.18. The molecule has 0 aliphatic heterocycles. The third-order valence-electron chi connectivity index (χ3n) is 5.51. The van der Waals surface area contributed by atoms with Gasteiger partial charge in [-0.2, -0.15) is 0 Å². The lowest BCUT2D eigenvalue weighted by atomic mass is 10.1. The molecule has 3 aromatic carbocycles. The first-order valence-corrected chi connectivity index (χ1v) is 12.1. The summed E-state index contributed by atoms with van der Waals surface area (Å²) < 4.78 is 7.75. The number of aromatic nitrogens is 3. The van der Waals surface area contributed by atoms with E-state index in [-0.39, 0.29) is 5.91 Å². The minimum absolute atomic E-state index is 0.00121. The van der Waals surface area contributed by atoms with Crippen LogP contribution in [0.2, 0.25) is 0 Å². The molecular weight excluding hydrogens is 444 g/mol. The van der Waals surface area contributed by atoms with E-state index in [1.807, 2.05) is 54.6 Å². The molecule has 1 aromatic heterocycles. The van der Waals surface area contributed by atoms with Gasteiger partial charge >= 0.3 is 0 Å². The summed E-state index contributed by atoms with van der Waals surface area (Å²) in [5, 5.41) is 9.91. The Labute approximate surface area is 204 Å². The Morgan fingerprint density at radius 1 is 0.912 bits per heavy atom. The number of benzene rings is 3. The Morgan fingerprint density at radius 2 is 1.62 bits per heavy atom. The van der Waals surface area contributed by atoms with Crippen molar-refractivity contribution >= 4 is 17.7 Å². The van der Waals surface area contributed by atoms with E-state index in [1.165, 1.54) is 5.56 Å². The van der Waals surface area contributed by atoms with Gasteiger partial charge in [0.25, 0.3) is 5.91 Å². The number of thioether (sulfide) groups is 1. The van der Waals surface area contributed by atoms with Gasteiger partial charge in [-0.05, 0) is 41.8 Å². The van der Waals surface area contributed by atoms with Crippen molar-refractivity contribution in [3.05, 3.63) is 95.6 Å². The molecule has 0 aliphatic rings. The van der Waals surface area contributed by atoms with Crippen molar-refractivity contribution < 1.29 is 9.53 Å². The van der Waals surface area contributed by atoms with Crippen molar-refractivity contribution in [3.8, 4) is 17.1 Å². The van der Waals surface area contributed by atoms with Gasteiger partial charge in [-0.25, -0.2) is 0 Å². The molecule has 4 rings (SSSR count). The molecule has 7 heteroatoms. The Morgan fingerprint density at radius 3 is 2.32 bits per heavy atom. The number of amides is 1. The summed E-state index contributed by atoms with van der Waals surface area (Å²) in [7, 11) is 5.19. The van der Waals surface area contributed by atoms with Crippen molar-refractivity contribution in [2.75, 3.05) is 21.2 Å². The van der Waals surface area contributed by atoms with E-state index in [9.17, 15) is 4.79 Å². The number of methoxy groups -OCH3 is 1. The normalized spacial score (nSPS) is 10.8. The lowest BCUT2D eigenvalue weighted by molar-refractivity contribution is 0.0827. The van der Waals surface area contributed by atoms with Gasteiger partial charge in [0.15, 0.2) is 11.0 Å². The van der Waals surface area contributed by atoms with Crippen molar-refractivity contribution in [1.29, 1.82) is 0 Å². The second-order valence-electron chi connectivity index (χ2n) is 8.08. The van der Waals surface area contributed by atoms with Gasteiger partial charge in [0.05, 0.1) is 12.7 Å². The minimum atomic E-state index is 0.00121. The molecule has 34 heavy (non-hydrogen) atoms. The van der Waals surface area contributed by atoms with Crippen LogP contribution in [0.5, 0.6) is 5.75 Å². The van der Waals surface area contributed by atoms with Crippen molar-refractivity contribution in [2.24, 2.45) is 0 Å². The molecule has 0 saturated carbocycles. The van der Waals surface area contributed by atoms with E-state index >= 15 is 0 Å². The van der Waals surface area contributed by atoms with Crippen LogP contribution in [-0.2, 0) is 18.7 Å². The van der Waals surface area contributed by atoms with Crippen LogP contribution in [0.4, 0.5) is 0 Å². The number of aryl methyl sites for hydroxylation is 1. The van der Waals surface area contributed by atoms with E-state index in [0.29, 0.717) is 5.56 Å². The summed E-state index contributed by atoms with van der Waals surface area (Å²) in [4.78, 5) is 13.7. The predicted octanol–water partition coefficient (Wildman–Crippen LogP) is 5.19. The molecule has 0 spiro atoms. The number of carbonyl (C=O) groups excluding carboxylic acids is 1. The van der Waals surface area contributed by atoms with Gasteiger partial charge < -0.3 is 14.2 Å². The SMILES string of the molecule is COc1ccccc1-c1nnc(SCc2ccc(C(=O)N(C)C)cc2)n1CCc1ccccc1. The summed E-state index contributed by atoms with van der Waals surface area (Å²) >= 11 is 1.64. The zero-order valence-corrected chi connectivity index (χ0v) is 20.5. The zero-order chi connectivity index (χ0) is 23.9. The maximum Gasteiger partial charge on any atom is 0.253 e. The third kappa shape index (κ3) is 5.48. The molecule has 0 bridgehead atoms. The summed E-state index contributed by atoms with van der Waals surface area (Å²) in [6, 6.07) is 26.0. The number of carbonyl (C=O) groups is 1. The fourth-order valence-corrected chi connectivity index (χ4v) is 4.58. The van der Waals surface area contributed by atoms with Gasteiger partial charge in [-0.1, -0.05) is 66.4 Å². The Hall–Kier alpha value is -3.58. The number of nitrogens with zero attached hydrogens (tertiary/aromatic N) is 4. The monoisotopic (exact) mass is 472 g/mol. The van der Waals surface area contributed by atoms with Gasteiger partial charge in [0.1, 0.15) is 5.75 Å². The molecule has 0 saturated heterocycles. The molecule has 1 amide bonds. The first-order valence-electron chi connectivity index (χ1n) is 11.1. The van der Waals surface area contributed by atoms with Gasteiger partial charge in [-0.15, -0.1) is 10.2 Å². The van der Waals surface area contributed by atoms with Gasteiger partial charge in [0.2, 0.25) is 0 Å². The van der Waals surface area contributed by atoms with E-state index in [4.69, 9.17) is 4.74 Å². The van der Waals surface area contributed by atoms with Crippen LogP contribution in [0, 0.1) is 0 Å². The van der Waals surface area contributed by atoms with Crippen LogP contribution in [0.1, 0.15) is 21.5 Å². The van der Waals surface area contributed by atoms with Gasteiger partial charge in [0, 0.05) is 32.0 Å². The number of para-hydroxylation sites is 1. The van der Waals surface area contributed by atoms with Crippen LogP contribution in [-0.4, -0.2) is 46.8 Å². The Balaban J connectivity index is 1.57. The molecule has 6 nitrogen and oxygen atoms in total. The van der Waals surface area contributed by atoms with E-state index in [1.54, 1.807) is 37.9 Å². The summed E-state index contributed by atoms with van der Waals surface area (Å²) in [6.07, 6.45) is 0.871. The molecule has 4 aromatic rings. The third-order valence-corrected chi connectivity index (χ3v) is 6.54. The van der Waals surface area contributed by atoms with E-state index in [0.717, 1.165) is 46.6 Å². The Kier molecular flexibility index (Phi) is 7.65. The van der Waals surface area contributed by atoms with Crippen LogP contribution in [0.25, 0.3) is 11.4 Å². The standard InChI is InChI=1S/C27H28N4O2S/c1-30(2)26(32)22-15-13-21(14-16-22)19-34-27-29-28-25(23-11-7-8-12-24(23)33-3)31(27)18-17-20-9-5-4-6-10-20/h4-16H,17-19H2,1-3H3. The highest BCUT2D eigenvalue weighted by atomic mass is 32.2. The quantitative estimate of drug-likeness (QED) is 0.314. The minimum Gasteiger partial charge on any atom is -0.496 e. The first kappa shape index (κ1) is 23.6. The zero-order valence-electron chi connectivity index (χ0n) is 19.6. The maximum absolute atomic E-state index is 12.1. The molecule has 0 fully saturated rings. The molecule has 0 atom stereocenters. The molecule has 1 heterocycles. The van der Waals surface area contributed by atoms with Crippen molar-refractivity contribution in [1.82, 2.24) is 19.7 Å². The molecule has 0 radical (unpaired) electrons. The van der Waals surface area contributed by atoms with Crippen LogP contribution < -0.4 is 4.74 Å². The van der Waals surface area contributed by atoms with Crippen LogP contribution in [0.15, 0.2) is 84.0 Å². The van der Waals surface area contributed by atoms with Crippen LogP contribution >= 0.6 is 11.8 Å². The molecular formula is C27H28N4O2S. The van der Waals surface area contributed by atoms with Gasteiger partial charge in [-0.3, -0.25) is 4.79 Å². The number of hydrogen-bond acceptors (Lipinski definition) is 5. The summed E-state index contributed by atoms with van der Waals surface area (Å²) in [5.74, 6) is 2.30. The predicted molar refractivity (Wildman–Crippen MR) is 136 cm³/mol. The fraction of sp³-hybridized carbons (Fsp3) is 0.222. The smallest absolute Gasteiger partial charge is 0.253 e. The van der Waals surface area contributed by atoms with E-state index in [2.05, 4.69) is 39.0 Å². The first-order chi connectivity index (χ1) is 16.6. The lowest BCUT2D eigenvalue weighted by Crippen LogP contribution is -2.21. The number of hydrogen-bond donors (Lipinski definition) is 0. The average Bonchev–Trinajstić information content (AvgIpc) is 3.29. The molecule has 0 aliphatic carbocycles.